The summed E-state index contributed by atoms with van der Waals surface area (Å²) >= 11 is 0. The van der Waals surface area contributed by atoms with Gasteiger partial charge in [0.25, 0.3) is 16.0 Å². The maximum atomic E-state index is 12.7. The van der Waals surface area contributed by atoms with E-state index < -0.39 is 10.1 Å². The van der Waals surface area contributed by atoms with Gasteiger partial charge < -0.3 is 14.4 Å². The number of hydrogen-bond acceptors (Lipinski definition) is 6. The number of unbranched alkanes of at least 4 members (excludes halogenated alkanes) is 1. The maximum absolute atomic E-state index is 12.7. The Hall–Kier alpha value is -2.16. The van der Waals surface area contributed by atoms with Crippen molar-refractivity contribution in [1.82, 2.24) is 4.90 Å². The van der Waals surface area contributed by atoms with E-state index in [0.717, 1.165) is 31.2 Å². The molecule has 0 radical (unpaired) electrons. The molecule has 0 saturated carbocycles. The van der Waals surface area contributed by atoms with Crippen LogP contribution in [-0.4, -0.2) is 44.0 Å². The summed E-state index contributed by atoms with van der Waals surface area (Å²) in [5.74, 6) is 1.42. The lowest BCUT2D eigenvalue weighted by Gasteiger charge is -2.32. The topological polar surface area (TPSA) is 97.1 Å². The van der Waals surface area contributed by atoms with Crippen molar-refractivity contribution in [3.8, 4) is 0 Å². The smallest absolute Gasteiger partial charge is 0.296 e. The molecule has 2 heterocycles. The first-order valence-corrected chi connectivity index (χ1v) is 12.2. The molecular weight excluding hydrogens is 418 g/mol. The number of benzene rings is 1. The Morgan fingerprint density at radius 1 is 1.16 bits per heavy atom. The summed E-state index contributed by atoms with van der Waals surface area (Å²) in [6.45, 7) is 5.00. The third-order valence-corrected chi connectivity index (χ3v) is 7.14. The van der Waals surface area contributed by atoms with Crippen LogP contribution in [0.15, 0.2) is 39.6 Å². The molecule has 0 atom stereocenters. The molecule has 1 fully saturated rings. The van der Waals surface area contributed by atoms with Gasteiger partial charge in [-0.25, -0.2) is 0 Å². The lowest BCUT2D eigenvalue weighted by Crippen LogP contribution is -2.38. The van der Waals surface area contributed by atoms with Crippen LogP contribution in [0.3, 0.4) is 0 Å². The second kappa shape index (κ2) is 10.4. The molecule has 0 spiro atoms. The monoisotopic (exact) mass is 449 g/mol. The summed E-state index contributed by atoms with van der Waals surface area (Å²) in [4.78, 5) is 14.7. The SMILES string of the molecule is Cc1ccc(S(=O)(=O)OCCCCC2CCN(C(=O)c3cc(CO)oc3C)CC2)cc1. The Balaban J connectivity index is 1.36. The molecule has 8 heteroatoms. The Labute approximate surface area is 184 Å². The highest BCUT2D eigenvalue weighted by Crippen LogP contribution is 2.25. The number of hydrogen-bond donors (Lipinski definition) is 1. The number of carbonyl (C=O) groups is 1. The van der Waals surface area contributed by atoms with Crippen molar-refractivity contribution in [3.63, 3.8) is 0 Å². The van der Waals surface area contributed by atoms with E-state index >= 15 is 0 Å². The first-order valence-electron chi connectivity index (χ1n) is 10.8. The van der Waals surface area contributed by atoms with Crippen LogP contribution in [0.4, 0.5) is 0 Å². The van der Waals surface area contributed by atoms with E-state index in [1.807, 2.05) is 11.8 Å². The third kappa shape index (κ3) is 6.18. The van der Waals surface area contributed by atoms with Crippen LogP contribution in [0, 0.1) is 19.8 Å². The molecule has 1 aliphatic rings. The first-order chi connectivity index (χ1) is 14.8. The van der Waals surface area contributed by atoms with Gasteiger partial charge in [-0.15, -0.1) is 0 Å². The van der Waals surface area contributed by atoms with Gasteiger partial charge in [-0.1, -0.05) is 30.5 Å². The van der Waals surface area contributed by atoms with Crippen molar-refractivity contribution in [3.05, 3.63) is 53.0 Å². The van der Waals surface area contributed by atoms with E-state index in [0.29, 0.717) is 42.5 Å². The van der Waals surface area contributed by atoms with E-state index in [4.69, 9.17) is 8.60 Å². The molecule has 1 N–H and O–H groups in total. The molecule has 1 amide bonds. The fourth-order valence-electron chi connectivity index (χ4n) is 3.91. The zero-order chi connectivity index (χ0) is 22.4. The number of amides is 1. The third-order valence-electron chi connectivity index (χ3n) is 5.81. The van der Waals surface area contributed by atoms with Gasteiger partial charge in [0.1, 0.15) is 18.1 Å². The molecule has 170 valence electrons. The van der Waals surface area contributed by atoms with E-state index in [9.17, 15) is 18.3 Å². The molecule has 31 heavy (non-hydrogen) atoms. The lowest BCUT2D eigenvalue weighted by atomic mass is 9.91. The standard InChI is InChI=1S/C23H31NO6S/c1-17-6-8-21(9-7-17)31(27,28)29-14-4-3-5-19-10-12-24(13-11-19)23(26)22-15-20(16-25)30-18(22)2/h6-9,15,19,25H,3-5,10-14,16H2,1-2H3. The van der Waals surface area contributed by atoms with Gasteiger partial charge in [0, 0.05) is 13.1 Å². The number of likely N-dealkylation sites (tertiary alicyclic amines) is 1. The van der Waals surface area contributed by atoms with Gasteiger partial charge in [-0.2, -0.15) is 8.42 Å². The fourth-order valence-corrected chi connectivity index (χ4v) is 4.85. The number of nitrogens with zero attached hydrogens (tertiary/aromatic N) is 1. The minimum Gasteiger partial charge on any atom is -0.463 e. The minimum atomic E-state index is -3.70. The van der Waals surface area contributed by atoms with Gasteiger partial charge in [0.2, 0.25) is 0 Å². The predicted molar refractivity (Wildman–Crippen MR) is 116 cm³/mol. The fraction of sp³-hybridized carbons (Fsp3) is 0.522. The number of aliphatic hydroxyl groups is 1. The Morgan fingerprint density at radius 3 is 2.45 bits per heavy atom. The van der Waals surface area contributed by atoms with Crippen molar-refractivity contribution in [2.45, 2.75) is 57.5 Å². The number of rotatable bonds is 9. The van der Waals surface area contributed by atoms with E-state index in [2.05, 4.69) is 0 Å². The van der Waals surface area contributed by atoms with Crippen LogP contribution in [0.5, 0.6) is 0 Å². The molecule has 1 aliphatic heterocycles. The van der Waals surface area contributed by atoms with Crippen molar-refractivity contribution in [2.24, 2.45) is 5.92 Å². The molecule has 0 aliphatic carbocycles. The summed E-state index contributed by atoms with van der Waals surface area (Å²) in [7, 11) is -3.70. The molecule has 1 saturated heterocycles. The van der Waals surface area contributed by atoms with Crippen LogP contribution in [0.2, 0.25) is 0 Å². The summed E-state index contributed by atoms with van der Waals surface area (Å²) < 4.78 is 34.9. The molecule has 7 nitrogen and oxygen atoms in total. The second-order valence-corrected chi connectivity index (χ2v) is 9.78. The van der Waals surface area contributed by atoms with Gasteiger partial charge >= 0.3 is 0 Å². The van der Waals surface area contributed by atoms with E-state index in [1.54, 1.807) is 37.3 Å². The highest BCUT2D eigenvalue weighted by atomic mass is 32.2. The summed E-state index contributed by atoms with van der Waals surface area (Å²) in [6.07, 6.45) is 4.43. The number of furan rings is 1. The van der Waals surface area contributed by atoms with Crippen LogP contribution in [0.1, 0.15) is 59.5 Å². The molecule has 1 aromatic heterocycles. The van der Waals surface area contributed by atoms with Crippen LogP contribution in [0.25, 0.3) is 0 Å². The van der Waals surface area contributed by atoms with Crippen LogP contribution < -0.4 is 0 Å². The molecule has 0 unspecified atom stereocenters. The van der Waals surface area contributed by atoms with Gasteiger partial charge in [0.05, 0.1) is 17.1 Å². The first kappa shape index (κ1) is 23.5. The molecule has 0 bridgehead atoms. The zero-order valence-corrected chi connectivity index (χ0v) is 19.0. The highest BCUT2D eigenvalue weighted by Gasteiger charge is 2.26. The molecular formula is C23H31NO6S. The molecule has 3 rings (SSSR count). The van der Waals surface area contributed by atoms with Crippen molar-refractivity contribution in [1.29, 1.82) is 0 Å². The average Bonchev–Trinajstić information content (AvgIpc) is 3.14. The Morgan fingerprint density at radius 2 is 1.84 bits per heavy atom. The van der Waals surface area contributed by atoms with E-state index in [1.165, 1.54) is 0 Å². The molecule has 2 aromatic rings. The van der Waals surface area contributed by atoms with Gasteiger partial charge in [0.15, 0.2) is 0 Å². The highest BCUT2D eigenvalue weighted by molar-refractivity contribution is 7.86. The van der Waals surface area contributed by atoms with Gasteiger partial charge in [-0.05, 0) is 57.2 Å². The largest absolute Gasteiger partial charge is 0.463 e. The number of piperidine rings is 1. The second-order valence-electron chi connectivity index (χ2n) is 8.16. The quantitative estimate of drug-likeness (QED) is 0.462. The Kier molecular flexibility index (Phi) is 7.91. The predicted octanol–water partition coefficient (Wildman–Crippen LogP) is 3.82. The van der Waals surface area contributed by atoms with Crippen LogP contribution >= 0.6 is 0 Å². The van der Waals surface area contributed by atoms with Gasteiger partial charge in [-0.3, -0.25) is 8.98 Å². The summed E-state index contributed by atoms with van der Waals surface area (Å²) in [5.41, 5.74) is 1.52. The van der Waals surface area contributed by atoms with Crippen LogP contribution in [-0.2, 0) is 20.9 Å². The molecule has 1 aromatic carbocycles. The normalized spacial score (nSPS) is 15.4. The Bertz CT molecular complexity index is 972. The van der Waals surface area contributed by atoms with Crippen molar-refractivity contribution < 1.29 is 26.9 Å². The summed E-state index contributed by atoms with van der Waals surface area (Å²) in [6, 6.07) is 8.26. The van der Waals surface area contributed by atoms with Crippen molar-refractivity contribution >= 4 is 16.0 Å². The zero-order valence-electron chi connectivity index (χ0n) is 18.2. The minimum absolute atomic E-state index is 0.0471. The summed E-state index contributed by atoms with van der Waals surface area (Å²) in [5, 5.41) is 9.17. The van der Waals surface area contributed by atoms with Crippen molar-refractivity contribution in [2.75, 3.05) is 19.7 Å². The number of carbonyl (C=O) groups excluding carboxylic acids is 1. The average molecular weight is 450 g/mol. The number of aryl methyl sites for hydroxylation is 2. The lowest BCUT2D eigenvalue weighted by molar-refractivity contribution is 0.0683. The number of aliphatic hydroxyl groups excluding tert-OH is 1. The van der Waals surface area contributed by atoms with E-state index in [-0.39, 0.29) is 24.0 Å². The maximum Gasteiger partial charge on any atom is 0.296 e.